The van der Waals surface area contributed by atoms with Crippen LogP contribution in [0, 0.1) is 0 Å². The summed E-state index contributed by atoms with van der Waals surface area (Å²) in [4.78, 5) is 16.3. The fourth-order valence-corrected chi connectivity index (χ4v) is 2.57. The summed E-state index contributed by atoms with van der Waals surface area (Å²) in [6, 6.07) is 10.5. The first-order valence-corrected chi connectivity index (χ1v) is 7.54. The van der Waals surface area contributed by atoms with Gasteiger partial charge in [-0.2, -0.15) is 0 Å². The number of methoxy groups -OCH3 is 1. The number of anilines is 1. The van der Waals surface area contributed by atoms with Crippen LogP contribution in [0.25, 0.3) is 0 Å². The number of piperazine rings is 1. The molecule has 114 valence electrons. The van der Waals surface area contributed by atoms with Gasteiger partial charge in [0.1, 0.15) is 0 Å². The number of carbonyl (C=O) groups excluding carboxylic acids is 1. The van der Waals surface area contributed by atoms with Crippen LogP contribution in [0.5, 0.6) is 0 Å². The lowest BCUT2D eigenvalue weighted by atomic mass is 10.2. The molecule has 0 bridgehead atoms. The van der Waals surface area contributed by atoms with Crippen molar-refractivity contribution in [3.63, 3.8) is 0 Å². The normalized spacial score (nSPS) is 16.9. The summed E-state index contributed by atoms with van der Waals surface area (Å²) in [6.45, 7) is 6.89. The Morgan fingerprint density at radius 1 is 1.19 bits per heavy atom. The SMILES string of the molecule is CCC(=CCN1CCN(c2ccccc2)CC1)C(=O)OC. The average Bonchev–Trinajstić information content (AvgIpc) is 2.56. The van der Waals surface area contributed by atoms with Crippen LogP contribution in [0.1, 0.15) is 13.3 Å². The third-order valence-corrected chi connectivity index (χ3v) is 3.92. The molecule has 0 atom stereocenters. The molecule has 0 amide bonds. The van der Waals surface area contributed by atoms with E-state index in [1.165, 1.54) is 12.8 Å². The van der Waals surface area contributed by atoms with Crippen LogP contribution < -0.4 is 4.90 Å². The zero-order chi connectivity index (χ0) is 15.1. The van der Waals surface area contributed by atoms with Crippen molar-refractivity contribution in [3.8, 4) is 0 Å². The Labute approximate surface area is 127 Å². The van der Waals surface area contributed by atoms with Crippen molar-refractivity contribution in [2.45, 2.75) is 13.3 Å². The average molecular weight is 288 g/mol. The van der Waals surface area contributed by atoms with Crippen LogP contribution in [0.4, 0.5) is 5.69 Å². The number of carbonyl (C=O) groups is 1. The maximum absolute atomic E-state index is 11.5. The third-order valence-electron chi connectivity index (χ3n) is 3.92. The lowest BCUT2D eigenvalue weighted by molar-refractivity contribution is -0.136. The van der Waals surface area contributed by atoms with E-state index in [-0.39, 0.29) is 5.97 Å². The van der Waals surface area contributed by atoms with E-state index < -0.39 is 0 Å². The van der Waals surface area contributed by atoms with Gasteiger partial charge in [-0.25, -0.2) is 4.79 Å². The summed E-state index contributed by atoms with van der Waals surface area (Å²) >= 11 is 0. The van der Waals surface area contributed by atoms with E-state index >= 15 is 0 Å². The van der Waals surface area contributed by atoms with E-state index in [4.69, 9.17) is 4.74 Å². The Bertz CT molecular complexity index is 477. The molecular weight excluding hydrogens is 264 g/mol. The summed E-state index contributed by atoms with van der Waals surface area (Å²) < 4.78 is 4.78. The second-order valence-corrected chi connectivity index (χ2v) is 5.20. The second kappa shape index (κ2) is 7.84. The van der Waals surface area contributed by atoms with Crippen LogP contribution in [-0.4, -0.2) is 50.7 Å². The maximum atomic E-state index is 11.5. The quantitative estimate of drug-likeness (QED) is 0.615. The van der Waals surface area contributed by atoms with Crippen LogP contribution in [0.2, 0.25) is 0 Å². The van der Waals surface area contributed by atoms with Crippen molar-refractivity contribution in [3.05, 3.63) is 42.0 Å². The van der Waals surface area contributed by atoms with E-state index in [1.807, 2.05) is 19.1 Å². The summed E-state index contributed by atoms with van der Waals surface area (Å²) in [7, 11) is 1.43. The first-order chi connectivity index (χ1) is 10.2. The molecule has 0 radical (unpaired) electrons. The number of nitrogens with zero attached hydrogens (tertiary/aromatic N) is 2. The highest BCUT2D eigenvalue weighted by Gasteiger charge is 2.16. The van der Waals surface area contributed by atoms with Crippen LogP contribution in [-0.2, 0) is 9.53 Å². The molecule has 1 aromatic carbocycles. The molecule has 0 N–H and O–H groups in total. The van der Waals surface area contributed by atoms with Gasteiger partial charge in [0.25, 0.3) is 0 Å². The van der Waals surface area contributed by atoms with E-state index in [2.05, 4.69) is 34.1 Å². The van der Waals surface area contributed by atoms with Gasteiger partial charge in [0.15, 0.2) is 0 Å². The summed E-state index contributed by atoms with van der Waals surface area (Å²) in [5, 5.41) is 0. The van der Waals surface area contributed by atoms with Gasteiger partial charge in [0.05, 0.1) is 7.11 Å². The zero-order valence-electron chi connectivity index (χ0n) is 12.9. The van der Waals surface area contributed by atoms with E-state index in [1.54, 1.807) is 0 Å². The fraction of sp³-hybridized carbons (Fsp3) is 0.471. The third kappa shape index (κ3) is 4.33. The van der Waals surface area contributed by atoms with Gasteiger partial charge in [0, 0.05) is 44.0 Å². The molecule has 0 aliphatic carbocycles. The molecule has 1 aromatic rings. The predicted octanol–water partition coefficient (Wildman–Crippen LogP) is 2.32. The van der Waals surface area contributed by atoms with Crippen molar-refractivity contribution in [2.75, 3.05) is 44.7 Å². The molecule has 1 aliphatic heterocycles. The molecule has 21 heavy (non-hydrogen) atoms. The fourth-order valence-electron chi connectivity index (χ4n) is 2.57. The molecule has 4 heteroatoms. The summed E-state index contributed by atoms with van der Waals surface area (Å²) in [5.41, 5.74) is 2.06. The molecule has 0 aromatic heterocycles. The first-order valence-electron chi connectivity index (χ1n) is 7.54. The largest absolute Gasteiger partial charge is 0.466 e. The van der Waals surface area contributed by atoms with E-state index in [9.17, 15) is 4.79 Å². The molecular formula is C17H24N2O2. The minimum absolute atomic E-state index is 0.208. The Morgan fingerprint density at radius 3 is 2.43 bits per heavy atom. The Kier molecular flexibility index (Phi) is 5.81. The number of rotatable bonds is 5. The molecule has 1 heterocycles. The lowest BCUT2D eigenvalue weighted by Crippen LogP contribution is -2.46. The molecule has 1 fully saturated rings. The minimum Gasteiger partial charge on any atom is -0.466 e. The van der Waals surface area contributed by atoms with E-state index in [0.717, 1.165) is 44.7 Å². The molecule has 2 rings (SSSR count). The highest BCUT2D eigenvalue weighted by atomic mass is 16.5. The lowest BCUT2D eigenvalue weighted by Gasteiger charge is -2.35. The van der Waals surface area contributed by atoms with E-state index in [0.29, 0.717) is 0 Å². The topological polar surface area (TPSA) is 32.8 Å². The van der Waals surface area contributed by atoms with Crippen molar-refractivity contribution in [2.24, 2.45) is 0 Å². The number of benzene rings is 1. The molecule has 0 saturated carbocycles. The van der Waals surface area contributed by atoms with Gasteiger partial charge in [0.2, 0.25) is 0 Å². The first kappa shape index (κ1) is 15.6. The standard InChI is InChI=1S/C17H24N2O2/c1-3-15(17(20)21-2)9-10-18-11-13-19(14-12-18)16-7-5-4-6-8-16/h4-9H,3,10-14H2,1-2H3. The summed E-state index contributed by atoms with van der Waals surface area (Å²) in [5.74, 6) is -0.208. The molecule has 0 unspecified atom stereocenters. The van der Waals surface area contributed by atoms with Crippen LogP contribution >= 0.6 is 0 Å². The highest BCUT2D eigenvalue weighted by molar-refractivity contribution is 5.88. The maximum Gasteiger partial charge on any atom is 0.333 e. The zero-order valence-corrected chi connectivity index (χ0v) is 12.9. The molecule has 1 saturated heterocycles. The number of esters is 1. The molecule has 4 nitrogen and oxygen atoms in total. The number of hydrogen-bond donors (Lipinski definition) is 0. The smallest absolute Gasteiger partial charge is 0.333 e. The number of hydrogen-bond acceptors (Lipinski definition) is 4. The van der Waals surface area contributed by atoms with Crippen molar-refractivity contribution in [1.29, 1.82) is 0 Å². The van der Waals surface area contributed by atoms with Crippen molar-refractivity contribution >= 4 is 11.7 Å². The minimum atomic E-state index is -0.208. The van der Waals surface area contributed by atoms with Crippen LogP contribution in [0.3, 0.4) is 0 Å². The number of para-hydroxylation sites is 1. The van der Waals surface area contributed by atoms with Gasteiger partial charge in [-0.05, 0) is 18.6 Å². The second-order valence-electron chi connectivity index (χ2n) is 5.20. The summed E-state index contributed by atoms with van der Waals surface area (Å²) in [6.07, 6.45) is 2.72. The number of ether oxygens (including phenoxy) is 1. The van der Waals surface area contributed by atoms with Gasteiger partial charge < -0.3 is 9.64 Å². The van der Waals surface area contributed by atoms with Gasteiger partial charge in [-0.15, -0.1) is 0 Å². The Hall–Kier alpha value is -1.81. The molecule has 0 spiro atoms. The van der Waals surface area contributed by atoms with Crippen molar-refractivity contribution in [1.82, 2.24) is 4.90 Å². The van der Waals surface area contributed by atoms with Crippen molar-refractivity contribution < 1.29 is 9.53 Å². The van der Waals surface area contributed by atoms with Gasteiger partial charge >= 0.3 is 5.97 Å². The monoisotopic (exact) mass is 288 g/mol. The van der Waals surface area contributed by atoms with Gasteiger partial charge in [-0.1, -0.05) is 31.2 Å². The predicted molar refractivity (Wildman–Crippen MR) is 85.5 cm³/mol. The molecule has 1 aliphatic rings. The Balaban J connectivity index is 1.84. The Morgan fingerprint density at radius 2 is 1.86 bits per heavy atom. The van der Waals surface area contributed by atoms with Gasteiger partial charge in [-0.3, -0.25) is 4.90 Å². The highest BCUT2D eigenvalue weighted by Crippen LogP contribution is 2.15. The van der Waals surface area contributed by atoms with Crippen LogP contribution in [0.15, 0.2) is 42.0 Å².